The molecule has 0 aromatic heterocycles. The predicted molar refractivity (Wildman–Crippen MR) is 293 cm³/mol. The van der Waals surface area contributed by atoms with Crippen LogP contribution in [0.1, 0.15) is 226 Å². The molecule has 0 radical (unpaired) electrons. The van der Waals surface area contributed by atoms with Gasteiger partial charge < -0.3 is 28.5 Å². The molecule has 0 saturated heterocycles. The monoisotopic (exact) mass is 985 g/mol. The average Bonchev–Trinajstić information content (AvgIpc) is 3.31. The number of unbranched alkanes of at least 4 members (excludes halogenated alkanes) is 22. The van der Waals surface area contributed by atoms with Crippen LogP contribution in [-0.2, 0) is 27.9 Å². The molecule has 0 saturated carbocycles. The number of carbonyl (C=O) groups is 2. The summed E-state index contributed by atoms with van der Waals surface area (Å²) in [5, 5.41) is 2.99. The largest absolute Gasteiger partial charge is 0.756 e. The number of nitrogens with zero attached hydrogens (tertiary/aromatic N) is 1. The van der Waals surface area contributed by atoms with Gasteiger partial charge >= 0.3 is 5.97 Å². The number of hydrogen-bond acceptors (Lipinski definition) is 7. The Hall–Kier alpha value is -2.81. The first kappa shape index (κ1) is 66.2. The number of amides is 1. The zero-order valence-corrected chi connectivity index (χ0v) is 46.1. The van der Waals surface area contributed by atoms with Crippen molar-refractivity contribution < 1.29 is 37.3 Å². The van der Waals surface area contributed by atoms with Crippen molar-refractivity contribution in [1.82, 2.24) is 5.32 Å². The van der Waals surface area contributed by atoms with Gasteiger partial charge in [-0.25, -0.2) is 0 Å². The Morgan fingerprint density at radius 3 is 1.46 bits per heavy atom. The molecule has 0 aliphatic carbocycles. The first-order valence-electron chi connectivity index (χ1n) is 27.9. The zero-order chi connectivity index (χ0) is 50.8. The minimum atomic E-state index is -4.71. The molecule has 0 spiro atoms. The van der Waals surface area contributed by atoms with E-state index in [2.05, 4.69) is 99.0 Å². The Balaban J connectivity index is 5.47. The van der Waals surface area contributed by atoms with Crippen LogP contribution in [0, 0.1) is 0 Å². The fourth-order valence-electron chi connectivity index (χ4n) is 7.44. The molecular weight excluding hydrogens is 880 g/mol. The van der Waals surface area contributed by atoms with Crippen LogP contribution in [0.4, 0.5) is 0 Å². The van der Waals surface area contributed by atoms with Crippen LogP contribution in [-0.4, -0.2) is 69.4 Å². The Kier molecular flexibility index (Phi) is 46.8. The smallest absolute Gasteiger partial charge is 0.306 e. The standard InChI is InChI=1S/C59H105N2O7P/c1-7-10-13-16-19-22-25-27-29-30-32-34-37-40-43-46-49-52-59(63)68-57(50-47-44-41-38-35-24-21-18-15-12-9-3)56(55-67-69(64,65)66-54-53-61(4,5)6)60-58(62)51-48-45-42-39-36-33-31-28-26-23-20-17-14-11-8-2/h19-20,22-23,26-29,32,34,40,43,47,50,56-57H,7-18,21,24-25,30-31,33,35-39,41-42,44-46,48-49,51-55H2,1-6H3,(H-,60,62,64,65)/b22-19-,23-20+,28-26+,29-27-,34-32-,43-40-,50-47+. The van der Waals surface area contributed by atoms with Gasteiger partial charge in [0, 0.05) is 12.8 Å². The van der Waals surface area contributed by atoms with Gasteiger partial charge in [-0.2, -0.15) is 0 Å². The number of rotatable bonds is 49. The van der Waals surface area contributed by atoms with Gasteiger partial charge in [0.2, 0.25) is 5.91 Å². The summed E-state index contributed by atoms with van der Waals surface area (Å²) in [7, 11) is 1.14. The van der Waals surface area contributed by atoms with Crippen molar-refractivity contribution >= 4 is 19.7 Å². The average molecular weight is 985 g/mol. The van der Waals surface area contributed by atoms with Gasteiger partial charge in [0.15, 0.2) is 0 Å². The SMILES string of the molecule is CCCCC/C=C\C/C=C\C/C=C\C/C=C\CCCC(=O)OC(/C=C/CCCCCCCCCCC)C(COP(=O)([O-])OCC[N+](C)(C)C)NC(=O)CCCCCCCC/C=C/C=C/CCCCC. The second-order valence-corrected chi connectivity index (χ2v) is 21.2. The molecule has 0 aromatic rings. The minimum Gasteiger partial charge on any atom is -0.756 e. The summed E-state index contributed by atoms with van der Waals surface area (Å²) >= 11 is 0. The third kappa shape index (κ3) is 49.9. The number of quaternary nitrogens is 1. The molecule has 10 heteroatoms. The number of ether oxygens (including phenoxy) is 1. The summed E-state index contributed by atoms with van der Waals surface area (Å²) in [6.45, 7) is 6.71. The fraction of sp³-hybridized carbons (Fsp3) is 0.729. The summed E-state index contributed by atoms with van der Waals surface area (Å²) in [4.78, 5) is 39.8. The number of allylic oxidation sites excluding steroid dienone is 13. The Labute approximate surface area is 425 Å². The molecule has 0 aromatic carbocycles. The van der Waals surface area contributed by atoms with Crippen LogP contribution in [0.5, 0.6) is 0 Å². The van der Waals surface area contributed by atoms with Gasteiger partial charge in [-0.15, -0.1) is 0 Å². The lowest BCUT2D eigenvalue weighted by Crippen LogP contribution is -2.47. The molecule has 3 unspecified atom stereocenters. The predicted octanol–water partition coefficient (Wildman–Crippen LogP) is 16.0. The van der Waals surface area contributed by atoms with E-state index in [1.807, 2.05) is 27.2 Å². The van der Waals surface area contributed by atoms with Crippen molar-refractivity contribution in [2.75, 3.05) is 40.9 Å². The molecule has 0 fully saturated rings. The minimum absolute atomic E-state index is 0.0367. The van der Waals surface area contributed by atoms with E-state index in [1.165, 1.54) is 89.9 Å². The molecule has 3 atom stereocenters. The summed E-state index contributed by atoms with van der Waals surface area (Å²) in [6, 6.07) is -0.919. The Morgan fingerprint density at radius 2 is 0.942 bits per heavy atom. The van der Waals surface area contributed by atoms with Crippen LogP contribution in [0.25, 0.3) is 0 Å². The number of hydrogen-bond donors (Lipinski definition) is 1. The quantitative estimate of drug-likeness (QED) is 0.0161. The van der Waals surface area contributed by atoms with Crippen molar-refractivity contribution in [3.8, 4) is 0 Å². The van der Waals surface area contributed by atoms with Crippen LogP contribution >= 0.6 is 7.82 Å². The molecule has 0 bridgehead atoms. The molecule has 0 rings (SSSR count). The van der Waals surface area contributed by atoms with Crippen molar-refractivity contribution in [3.05, 3.63) is 85.1 Å². The first-order valence-corrected chi connectivity index (χ1v) is 29.4. The third-order valence-electron chi connectivity index (χ3n) is 11.8. The maximum Gasteiger partial charge on any atom is 0.306 e. The van der Waals surface area contributed by atoms with Crippen molar-refractivity contribution in [2.24, 2.45) is 0 Å². The molecule has 1 N–H and O–H groups in total. The number of carbonyl (C=O) groups excluding carboxylic acids is 2. The second kappa shape index (κ2) is 48.8. The summed E-state index contributed by atoms with van der Waals surface area (Å²) in [6.07, 6.45) is 62.6. The molecule has 69 heavy (non-hydrogen) atoms. The van der Waals surface area contributed by atoms with E-state index < -0.39 is 32.5 Å². The molecule has 0 aliphatic rings. The van der Waals surface area contributed by atoms with Gasteiger partial charge in [0.05, 0.1) is 33.8 Å². The summed E-state index contributed by atoms with van der Waals surface area (Å²) < 4.78 is 30.1. The molecule has 0 aliphatic heterocycles. The van der Waals surface area contributed by atoms with Gasteiger partial charge in [0.1, 0.15) is 19.3 Å². The Morgan fingerprint density at radius 1 is 0.522 bits per heavy atom. The third-order valence-corrected chi connectivity index (χ3v) is 12.8. The van der Waals surface area contributed by atoms with E-state index in [-0.39, 0.29) is 25.4 Å². The lowest BCUT2D eigenvalue weighted by molar-refractivity contribution is -0.870. The molecular formula is C59H105N2O7P. The van der Waals surface area contributed by atoms with E-state index in [0.717, 1.165) is 89.9 Å². The van der Waals surface area contributed by atoms with E-state index in [9.17, 15) is 19.0 Å². The van der Waals surface area contributed by atoms with Gasteiger partial charge in [-0.05, 0) is 96.0 Å². The van der Waals surface area contributed by atoms with Crippen LogP contribution in [0.2, 0.25) is 0 Å². The molecule has 1 amide bonds. The fourth-order valence-corrected chi connectivity index (χ4v) is 8.17. The van der Waals surface area contributed by atoms with Crippen LogP contribution < -0.4 is 10.2 Å². The maximum atomic E-state index is 13.4. The second-order valence-electron chi connectivity index (χ2n) is 19.8. The van der Waals surface area contributed by atoms with Gasteiger partial charge in [-0.1, -0.05) is 202 Å². The normalized spacial score (nSPS) is 14.5. The number of esters is 1. The summed E-state index contributed by atoms with van der Waals surface area (Å²) in [5.41, 5.74) is 0. The molecule has 0 heterocycles. The highest BCUT2D eigenvalue weighted by Gasteiger charge is 2.27. The zero-order valence-electron chi connectivity index (χ0n) is 45.2. The number of phosphoric ester groups is 1. The highest BCUT2D eigenvalue weighted by atomic mass is 31.2. The highest BCUT2D eigenvalue weighted by Crippen LogP contribution is 2.38. The highest BCUT2D eigenvalue weighted by molar-refractivity contribution is 7.45. The summed E-state index contributed by atoms with van der Waals surface area (Å²) in [5.74, 6) is -0.626. The van der Waals surface area contributed by atoms with Gasteiger partial charge in [-0.3, -0.25) is 14.2 Å². The van der Waals surface area contributed by atoms with E-state index in [1.54, 1.807) is 6.08 Å². The maximum absolute atomic E-state index is 13.4. The van der Waals surface area contributed by atoms with Crippen molar-refractivity contribution in [3.63, 3.8) is 0 Å². The molecule has 9 nitrogen and oxygen atoms in total. The number of likely N-dealkylation sites (N-methyl/N-ethyl adjacent to an activating group) is 1. The topological polar surface area (TPSA) is 114 Å². The van der Waals surface area contributed by atoms with Crippen LogP contribution in [0.15, 0.2) is 85.1 Å². The van der Waals surface area contributed by atoms with E-state index >= 15 is 0 Å². The first-order chi connectivity index (χ1) is 33.4. The number of phosphoric acid groups is 1. The van der Waals surface area contributed by atoms with Crippen molar-refractivity contribution in [2.45, 2.75) is 238 Å². The Bertz CT molecular complexity index is 1460. The van der Waals surface area contributed by atoms with Crippen molar-refractivity contribution in [1.29, 1.82) is 0 Å². The lowest BCUT2D eigenvalue weighted by atomic mass is 10.1. The van der Waals surface area contributed by atoms with E-state index in [4.69, 9.17) is 13.8 Å². The number of nitrogens with one attached hydrogen (secondary N) is 1. The van der Waals surface area contributed by atoms with Crippen LogP contribution in [0.3, 0.4) is 0 Å². The van der Waals surface area contributed by atoms with Gasteiger partial charge in [0.25, 0.3) is 7.82 Å². The van der Waals surface area contributed by atoms with E-state index in [0.29, 0.717) is 23.9 Å². The lowest BCUT2D eigenvalue weighted by Gasteiger charge is -2.30. The molecule has 398 valence electrons.